The zero-order chi connectivity index (χ0) is 26.0. The summed E-state index contributed by atoms with van der Waals surface area (Å²) in [6.07, 6.45) is 0.819. The number of thioether (sulfide) groups is 1. The van der Waals surface area contributed by atoms with Gasteiger partial charge in [-0.25, -0.2) is 9.78 Å². The first-order valence-electron chi connectivity index (χ1n) is 12.2. The maximum Gasteiger partial charge on any atom is 0.319 e. The fraction of sp³-hybridized carbons (Fsp3) is 0.241. The second-order valence-corrected chi connectivity index (χ2v) is 9.30. The third-order valence-corrected chi connectivity index (χ3v) is 6.91. The molecule has 8 heteroatoms. The van der Waals surface area contributed by atoms with Crippen molar-refractivity contribution in [1.29, 1.82) is 0 Å². The van der Waals surface area contributed by atoms with Crippen LogP contribution in [-0.2, 0) is 6.54 Å². The highest BCUT2D eigenvalue weighted by molar-refractivity contribution is 7.99. The van der Waals surface area contributed by atoms with E-state index in [9.17, 15) is 4.79 Å². The summed E-state index contributed by atoms with van der Waals surface area (Å²) in [7, 11) is 3.33. The maximum absolute atomic E-state index is 12.1. The third kappa shape index (κ3) is 6.65. The van der Waals surface area contributed by atoms with Crippen molar-refractivity contribution in [1.82, 2.24) is 14.9 Å². The van der Waals surface area contributed by atoms with Gasteiger partial charge in [0.05, 0.1) is 25.6 Å². The van der Waals surface area contributed by atoms with Crippen LogP contribution in [-0.4, -0.2) is 42.1 Å². The number of carbonyl (C=O) groups excluding carboxylic acids is 1. The van der Waals surface area contributed by atoms with Crippen LogP contribution < -0.4 is 20.1 Å². The molecule has 0 unspecified atom stereocenters. The average Bonchev–Trinajstić information content (AvgIpc) is 3.31. The van der Waals surface area contributed by atoms with Crippen LogP contribution >= 0.6 is 11.8 Å². The molecule has 0 saturated heterocycles. The average molecular weight is 517 g/mol. The van der Waals surface area contributed by atoms with Gasteiger partial charge in [0, 0.05) is 35.7 Å². The lowest BCUT2D eigenvalue weighted by Gasteiger charge is -2.12. The first-order valence-corrected chi connectivity index (χ1v) is 13.2. The second-order valence-electron chi connectivity index (χ2n) is 8.24. The molecule has 0 fully saturated rings. The molecular formula is C29H32N4O3S. The van der Waals surface area contributed by atoms with E-state index in [0.29, 0.717) is 6.54 Å². The number of para-hydroxylation sites is 1. The zero-order valence-electron chi connectivity index (χ0n) is 21.4. The molecule has 0 aliphatic heterocycles. The fourth-order valence-electron chi connectivity index (χ4n) is 3.96. The summed E-state index contributed by atoms with van der Waals surface area (Å²) in [5.74, 6) is 2.45. The number of anilines is 1. The van der Waals surface area contributed by atoms with E-state index in [4.69, 9.17) is 14.5 Å². The summed E-state index contributed by atoms with van der Waals surface area (Å²) < 4.78 is 13.0. The highest BCUT2D eigenvalue weighted by Crippen LogP contribution is 2.37. The van der Waals surface area contributed by atoms with Gasteiger partial charge in [0.25, 0.3) is 0 Å². The second kappa shape index (κ2) is 12.9. The van der Waals surface area contributed by atoms with E-state index >= 15 is 0 Å². The Balaban J connectivity index is 1.48. The maximum atomic E-state index is 12.1. The quantitative estimate of drug-likeness (QED) is 0.174. The molecule has 0 saturated carbocycles. The first-order chi connectivity index (χ1) is 18.1. The van der Waals surface area contributed by atoms with E-state index in [0.717, 1.165) is 63.6 Å². The van der Waals surface area contributed by atoms with Crippen LogP contribution in [0.15, 0.2) is 84.0 Å². The molecule has 0 aliphatic rings. The van der Waals surface area contributed by atoms with Crippen molar-refractivity contribution in [3.8, 4) is 34.0 Å². The fourth-order valence-corrected chi connectivity index (χ4v) is 4.97. The minimum Gasteiger partial charge on any atom is -0.497 e. The lowest BCUT2D eigenvalue weighted by Crippen LogP contribution is -2.29. The number of carbonyl (C=O) groups is 1. The normalized spacial score (nSPS) is 10.7. The number of urea groups is 1. The van der Waals surface area contributed by atoms with Crippen LogP contribution in [0.1, 0.15) is 13.3 Å². The van der Waals surface area contributed by atoms with E-state index in [1.807, 2.05) is 66.7 Å². The van der Waals surface area contributed by atoms with E-state index in [1.54, 1.807) is 26.0 Å². The molecule has 4 aromatic rings. The van der Waals surface area contributed by atoms with Crippen molar-refractivity contribution in [3.63, 3.8) is 0 Å². The van der Waals surface area contributed by atoms with Gasteiger partial charge in [-0.15, -0.1) is 0 Å². The summed E-state index contributed by atoms with van der Waals surface area (Å²) in [4.78, 5) is 17.2. The van der Waals surface area contributed by atoms with E-state index in [-0.39, 0.29) is 6.03 Å². The van der Waals surface area contributed by atoms with Crippen molar-refractivity contribution in [2.75, 3.05) is 31.8 Å². The minimum absolute atomic E-state index is 0.199. The molecule has 2 amide bonds. The van der Waals surface area contributed by atoms with Gasteiger partial charge in [0.15, 0.2) is 5.16 Å². The number of amides is 2. The minimum atomic E-state index is -0.199. The van der Waals surface area contributed by atoms with Gasteiger partial charge in [-0.2, -0.15) is 0 Å². The first kappa shape index (κ1) is 26.2. The topological polar surface area (TPSA) is 77.4 Å². The lowest BCUT2D eigenvalue weighted by atomic mass is 10.0. The molecule has 0 bridgehead atoms. The van der Waals surface area contributed by atoms with Gasteiger partial charge in [-0.3, -0.25) is 0 Å². The number of benzene rings is 3. The monoisotopic (exact) mass is 516 g/mol. The Morgan fingerprint density at radius 3 is 2.11 bits per heavy atom. The predicted molar refractivity (Wildman–Crippen MR) is 151 cm³/mol. The lowest BCUT2D eigenvalue weighted by molar-refractivity contribution is 0.252. The molecule has 0 radical (unpaired) electrons. The molecule has 4 rings (SSSR count). The molecular weight excluding hydrogens is 484 g/mol. The number of aromatic nitrogens is 2. The summed E-state index contributed by atoms with van der Waals surface area (Å²) in [5, 5.41) is 6.71. The van der Waals surface area contributed by atoms with Gasteiger partial charge in [-0.05, 0) is 74.0 Å². The number of ether oxygens (including phenoxy) is 2. The summed E-state index contributed by atoms with van der Waals surface area (Å²) in [6, 6.07) is 25.3. The summed E-state index contributed by atoms with van der Waals surface area (Å²) in [5.41, 5.74) is 4.87. The van der Waals surface area contributed by atoms with E-state index in [1.165, 1.54) is 0 Å². The highest BCUT2D eigenvalue weighted by atomic mass is 32.2. The Morgan fingerprint density at radius 1 is 0.892 bits per heavy atom. The Hall–Kier alpha value is -3.91. The molecule has 0 spiro atoms. The van der Waals surface area contributed by atoms with Crippen molar-refractivity contribution >= 4 is 23.5 Å². The Morgan fingerprint density at radius 2 is 1.51 bits per heavy atom. The zero-order valence-corrected chi connectivity index (χ0v) is 22.2. The van der Waals surface area contributed by atoms with Gasteiger partial charge >= 0.3 is 6.03 Å². The number of nitrogens with one attached hydrogen (secondary N) is 2. The van der Waals surface area contributed by atoms with E-state index in [2.05, 4.69) is 34.3 Å². The van der Waals surface area contributed by atoms with Crippen molar-refractivity contribution in [3.05, 3.63) is 78.9 Å². The molecule has 3 aromatic carbocycles. The molecule has 192 valence electrons. The van der Waals surface area contributed by atoms with Gasteiger partial charge < -0.3 is 24.7 Å². The van der Waals surface area contributed by atoms with Crippen LogP contribution in [0.5, 0.6) is 11.5 Å². The Bertz CT molecular complexity index is 1290. The summed E-state index contributed by atoms with van der Waals surface area (Å²) in [6.45, 7) is 3.49. The Kier molecular flexibility index (Phi) is 9.10. The Labute approximate surface area is 222 Å². The van der Waals surface area contributed by atoms with Crippen LogP contribution in [0, 0.1) is 0 Å². The van der Waals surface area contributed by atoms with Crippen LogP contribution in [0.3, 0.4) is 0 Å². The van der Waals surface area contributed by atoms with Gasteiger partial charge in [0.1, 0.15) is 11.5 Å². The highest BCUT2D eigenvalue weighted by Gasteiger charge is 2.20. The largest absolute Gasteiger partial charge is 0.497 e. The van der Waals surface area contributed by atoms with Crippen molar-refractivity contribution in [2.45, 2.75) is 25.0 Å². The van der Waals surface area contributed by atoms with Crippen molar-refractivity contribution in [2.24, 2.45) is 0 Å². The number of rotatable bonds is 11. The van der Waals surface area contributed by atoms with E-state index < -0.39 is 0 Å². The van der Waals surface area contributed by atoms with Gasteiger partial charge in [0.2, 0.25) is 0 Å². The number of hydrogen-bond donors (Lipinski definition) is 2. The number of imidazole rings is 1. The molecule has 1 heterocycles. The number of methoxy groups -OCH3 is 2. The standard InChI is InChI=1S/C29H32N4O3S/c1-4-33-27(22-13-17-25(36-3)18-14-22)26(21-11-15-24(35-2)16-12-21)32-29(33)37-20-8-19-30-28(34)31-23-9-6-5-7-10-23/h5-7,9-18H,4,8,19-20H2,1-3H3,(H2,30,31,34). The molecule has 7 nitrogen and oxygen atoms in total. The van der Waals surface area contributed by atoms with Crippen molar-refractivity contribution < 1.29 is 14.3 Å². The van der Waals surface area contributed by atoms with Gasteiger partial charge in [-0.1, -0.05) is 30.0 Å². The van der Waals surface area contributed by atoms with Crippen LogP contribution in [0.25, 0.3) is 22.5 Å². The SMILES string of the molecule is CCn1c(SCCCNC(=O)Nc2ccccc2)nc(-c2ccc(OC)cc2)c1-c1ccc(OC)cc1. The molecule has 0 aliphatic carbocycles. The smallest absolute Gasteiger partial charge is 0.319 e. The number of nitrogens with zero attached hydrogens (tertiary/aromatic N) is 2. The van der Waals surface area contributed by atoms with Crippen LogP contribution in [0.2, 0.25) is 0 Å². The predicted octanol–water partition coefficient (Wildman–Crippen LogP) is 6.56. The molecule has 0 atom stereocenters. The number of hydrogen-bond acceptors (Lipinski definition) is 5. The molecule has 37 heavy (non-hydrogen) atoms. The summed E-state index contributed by atoms with van der Waals surface area (Å²) >= 11 is 1.70. The molecule has 1 aromatic heterocycles. The van der Waals surface area contributed by atoms with Crippen LogP contribution in [0.4, 0.5) is 10.5 Å². The molecule has 2 N–H and O–H groups in total. The third-order valence-electron chi connectivity index (χ3n) is 5.85.